The summed E-state index contributed by atoms with van der Waals surface area (Å²) in [7, 11) is 0. The predicted molar refractivity (Wildman–Crippen MR) is 52.6 cm³/mol. The first kappa shape index (κ1) is 15.2. The van der Waals surface area contributed by atoms with Crippen molar-refractivity contribution >= 4 is 5.91 Å². The van der Waals surface area contributed by atoms with Gasteiger partial charge in [-0.05, 0) is 19.3 Å². The van der Waals surface area contributed by atoms with Gasteiger partial charge in [-0.15, -0.1) is 0 Å². The number of carbonyl (C=O) groups excluding carboxylic acids is 1. The summed E-state index contributed by atoms with van der Waals surface area (Å²) in [6, 6.07) is -0.535. The molecular weight excluding hydrogens is 226 g/mol. The van der Waals surface area contributed by atoms with E-state index in [9.17, 15) is 22.4 Å². The summed E-state index contributed by atoms with van der Waals surface area (Å²) in [4.78, 5) is 10.8. The van der Waals surface area contributed by atoms with Gasteiger partial charge in [0.2, 0.25) is 0 Å². The lowest BCUT2D eigenvalue weighted by Gasteiger charge is -2.21. The molecule has 0 rings (SSSR count). The molecule has 0 saturated carbocycles. The fraction of sp³-hybridized carbons (Fsp3) is 0.900. The highest BCUT2D eigenvalue weighted by Crippen LogP contribution is 2.23. The second-order valence-electron chi connectivity index (χ2n) is 4.05. The van der Waals surface area contributed by atoms with Crippen LogP contribution in [0.3, 0.4) is 0 Å². The number of amides is 1. The van der Waals surface area contributed by atoms with Gasteiger partial charge in [0.1, 0.15) is 0 Å². The van der Waals surface area contributed by atoms with Crippen molar-refractivity contribution in [2.75, 3.05) is 0 Å². The van der Waals surface area contributed by atoms with Crippen LogP contribution in [0.15, 0.2) is 0 Å². The molecule has 0 radical (unpaired) electrons. The third-order valence-corrected chi connectivity index (χ3v) is 2.41. The van der Waals surface area contributed by atoms with Crippen LogP contribution in [0, 0.1) is 5.92 Å². The molecule has 16 heavy (non-hydrogen) atoms. The first-order chi connectivity index (χ1) is 7.21. The quantitative estimate of drug-likeness (QED) is 0.714. The molecular formula is C10H17F4NO. The molecule has 2 atom stereocenters. The van der Waals surface area contributed by atoms with Gasteiger partial charge >= 0.3 is 12.3 Å². The van der Waals surface area contributed by atoms with Gasteiger partial charge in [-0.2, -0.15) is 8.78 Å². The molecule has 0 saturated heterocycles. The molecule has 1 N–H and O–H groups in total. The molecule has 0 heterocycles. The minimum Gasteiger partial charge on any atom is -0.348 e. The summed E-state index contributed by atoms with van der Waals surface area (Å²) < 4.78 is 48.8. The molecule has 0 aromatic heterocycles. The van der Waals surface area contributed by atoms with Gasteiger partial charge in [0.05, 0.1) is 0 Å². The molecule has 2 nitrogen and oxygen atoms in total. The van der Waals surface area contributed by atoms with Crippen molar-refractivity contribution in [2.45, 2.75) is 52.0 Å². The Morgan fingerprint density at radius 1 is 1.31 bits per heavy atom. The van der Waals surface area contributed by atoms with Crippen molar-refractivity contribution in [1.29, 1.82) is 0 Å². The van der Waals surface area contributed by atoms with Gasteiger partial charge in [0.25, 0.3) is 5.91 Å². The van der Waals surface area contributed by atoms with Crippen LogP contribution in [0.2, 0.25) is 0 Å². The summed E-state index contributed by atoms with van der Waals surface area (Å²) in [6.07, 6.45) is -2.64. The third kappa shape index (κ3) is 4.37. The molecule has 0 aromatic carbocycles. The van der Waals surface area contributed by atoms with E-state index in [1.807, 2.05) is 19.2 Å². The Kier molecular flexibility index (Phi) is 5.75. The summed E-state index contributed by atoms with van der Waals surface area (Å²) in [5, 5.41) is 1.90. The Morgan fingerprint density at radius 2 is 1.81 bits per heavy atom. The van der Waals surface area contributed by atoms with E-state index in [0.717, 1.165) is 6.42 Å². The average molecular weight is 243 g/mol. The molecule has 96 valence electrons. The summed E-state index contributed by atoms with van der Waals surface area (Å²) in [5.74, 6) is -6.27. The van der Waals surface area contributed by atoms with Crippen LogP contribution in [0.25, 0.3) is 0 Å². The Labute approximate surface area is 92.4 Å². The van der Waals surface area contributed by atoms with Crippen molar-refractivity contribution in [3.8, 4) is 0 Å². The van der Waals surface area contributed by atoms with Crippen molar-refractivity contribution in [3.63, 3.8) is 0 Å². The fourth-order valence-electron chi connectivity index (χ4n) is 1.25. The second kappa shape index (κ2) is 6.06. The van der Waals surface area contributed by atoms with Crippen molar-refractivity contribution in [3.05, 3.63) is 0 Å². The first-order valence-corrected chi connectivity index (χ1v) is 5.18. The summed E-state index contributed by atoms with van der Waals surface area (Å²) >= 11 is 0. The van der Waals surface area contributed by atoms with E-state index in [2.05, 4.69) is 0 Å². The minimum absolute atomic E-state index is 0.246. The lowest BCUT2D eigenvalue weighted by molar-refractivity contribution is -0.170. The van der Waals surface area contributed by atoms with Gasteiger partial charge in [-0.3, -0.25) is 4.79 Å². The number of rotatable bonds is 6. The van der Waals surface area contributed by atoms with Crippen molar-refractivity contribution in [1.82, 2.24) is 5.32 Å². The number of halogens is 4. The van der Waals surface area contributed by atoms with Gasteiger partial charge < -0.3 is 5.32 Å². The molecule has 0 aliphatic rings. The van der Waals surface area contributed by atoms with E-state index in [1.54, 1.807) is 0 Å². The van der Waals surface area contributed by atoms with Crippen LogP contribution in [-0.4, -0.2) is 24.3 Å². The van der Waals surface area contributed by atoms with E-state index in [0.29, 0.717) is 6.42 Å². The van der Waals surface area contributed by atoms with Crippen LogP contribution in [0.5, 0.6) is 0 Å². The molecule has 2 unspecified atom stereocenters. The molecule has 0 bridgehead atoms. The Morgan fingerprint density at radius 3 is 2.19 bits per heavy atom. The number of nitrogens with one attached hydrogen (secondary N) is 1. The second-order valence-corrected chi connectivity index (χ2v) is 4.05. The van der Waals surface area contributed by atoms with E-state index in [-0.39, 0.29) is 5.92 Å². The van der Waals surface area contributed by atoms with Gasteiger partial charge in [-0.25, -0.2) is 8.78 Å². The highest BCUT2D eigenvalue weighted by Gasteiger charge is 2.49. The molecule has 0 aliphatic heterocycles. The smallest absolute Gasteiger partial charge is 0.348 e. The van der Waals surface area contributed by atoms with Crippen LogP contribution in [0.1, 0.15) is 33.6 Å². The lowest BCUT2D eigenvalue weighted by Crippen LogP contribution is -2.48. The fourth-order valence-corrected chi connectivity index (χ4v) is 1.25. The molecule has 1 amide bonds. The molecule has 0 aliphatic carbocycles. The first-order valence-electron chi connectivity index (χ1n) is 5.18. The van der Waals surface area contributed by atoms with Crippen LogP contribution in [-0.2, 0) is 4.79 Å². The highest BCUT2D eigenvalue weighted by atomic mass is 19.3. The maximum Gasteiger partial charge on any atom is 0.383 e. The minimum atomic E-state index is -4.61. The number of hydrogen-bond acceptors (Lipinski definition) is 1. The van der Waals surface area contributed by atoms with Crippen LogP contribution in [0.4, 0.5) is 17.6 Å². The summed E-state index contributed by atoms with van der Waals surface area (Å²) in [6.45, 7) is 5.34. The monoisotopic (exact) mass is 243 g/mol. The average Bonchev–Trinajstić information content (AvgIpc) is 2.16. The SMILES string of the molecule is CCC(C)CC(C)NC(=O)C(F)(F)C(F)F. The van der Waals surface area contributed by atoms with E-state index >= 15 is 0 Å². The zero-order valence-electron chi connectivity index (χ0n) is 9.57. The molecule has 0 fully saturated rings. The number of hydrogen-bond donors (Lipinski definition) is 1. The van der Waals surface area contributed by atoms with E-state index in [1.165, 1.54) is 6.92 Å². The number of alkyl halides is 4. The zero-order valence-corrected chi connectivity index (χ0v) is 9.57. The van der Waals surface area contributed by atoms with Gasteiger partial charge in [0, 0.05) is 6.04 Å². The standard InChI is InChI=1S/C10H17F4NO/c1-4-6(2)5-7(3)15-9(16)10(13,14)8(11)12/h6-8H,4-5H2,1-3H3,(H,15,16). The molecule has 0 aromatic rings. The van der Waals surface area contributed by atoms with E-state index < -0.39 is 24.3 Å². The zero-order chi connectivity index (χ0) is 12.9. The van der Waals surface area contributed by atoms with Gasteiger partial charge in [0.15, 0.2) is 0 Å². The van der Waals surface area contributed by atoms with Crippen molar-refractivity contribution < 1.29 is 22.4 Å². The lowest BCUT2D eigenvalue weighted by atomic mass is 10.0. The summed E-state index contributed by atoms with van der Waals surface area (Å²) in [5.41, 5.74) is 0. The molecule has 6 heteroatoms. The highest BCUT2D eigenvalue weighted by molar-refractivity contribution is 5.84. The number of carbonyl (C=O) groups is 1. The Bertz CT molecular complexity index is 233. The molecule has 0 spiro atoms. The van der Waals surface area contributed by atoms with Gasteiger partial charge in [-0.1, -0.05) is 20.3 Å². The normalized spacial score (nSPS) is 16.0. The maximum absolute atomic E-state index is 12.6. The largest absolute Gasteiger partial charge is 0.383 e. The van der Waals surface area contributed by atoms with Crippen LogP contribution < -0.4 is 5.32 Å². The van der Waals surface area contributed by atoms with E-state index in [4.69, 9.17) is 0 Å². The third-order valence-electron chi connectivity index (χ3n) is 2.41. The Hall–Kier alpha value is -0.810. The topological polar surface area (TPSA) is 29.1 Å². The van der Waals surface area contributed by atoms with Crippen molar-refractivity contribution in [2.24, 2.45) is 5.92 Å². The maximum atomic E-state index is 12.6. The Balaban J connectivity index is 4.24. The predicted octanol–water partition coefficient (Wildman–Crippen LogP) is 2.83. The van der Waals surface area contributed by atoms with Crippen LogP contribution >= 0.6 is 0 Å².